The Kier molecular flexibility index (Phi) is 4.71. The zero-order valence-electron chi connectivity index (χ0n) is 15.4. The normalized spacial score (nSPS) is 18.9. The van der Waals surface area contributed by atoms with Gasteiger partial charge in [-0.25, -0.2) is 0 Å². The van der Waals surface area contributed by atoms with Crippen molar-refractivity contribution in [2.75, 3.05) is 34.8 Å². The van der Waals surface area contributed by atoms with Crippen molar-refractivity contribution in [3.8, 4) is 5.75 Å². The van der Waals surface area contributed by atoms with Gasteiger partial charge in [0, 0.05) is 13.1 Å². The second-order valence-corrected chi connectivity index (χ2v) is 6.91. The van der Waals surface area contributed by atoms with Crippen molar-refractivity contribution in [1.29, 1.82) is 0 Å². The predicted molar refractivity (Wildman–Crippen MR) is 105 cm³/mol. The molecule has 0 radical (unpaired) electrons. The lowest BCUT2D eigenvalue weighted by molar-refractivity contribution is -0.127. The highest BCUT2D eigenvalue weighted by molar-refractivity contribution is 6.06. The molecule has 0 aliphatic carbocycles. The Labute approximate surface area is 158 Å². The average Bonchev–Trinajstić information content (AvgIpc) is 3.20. The van der Waals surface area contributed by atoms with E-state index in [0.717, 1.165) is 24.5 Å². The number of carbonyl (C=O) groups is 2. The van der Waals surface area contributed by atoms with Gasteiger partial charge in [-0.2, -0.15) is 0 Å². The highest BCUT2D eigenvalue weighted by Crippen LogP contribution is 2.34. The van der Waals surface area contributed by atoms with Gasteiger partial charge in [-0.05, 0) is 44.0 Å². The van der Waals surface area contributed by atoms with E-state index < -0.39 is 6.10 Å². The molecule has 2 aliphatic rings. The van der Waals surface area contributed by atoms with Crippen molar-refractivity contribution in [2.24, 2.45) is 0 Å². The van der Waals surface area contributed by atoms with Crippen LogP contribution in [0.5, 0.6) is 5.75 Å². The summed E-state index contributed by atoms with van der Waals surface area (Å²) in [5.74, 6) is 0.186. The van der Waals surface area contributed by atoms with Crippen LogP contribution in [-0.2, 0) is 9.59 Å². The van der Waals surface area contributed by atoms with Gasteiger partial charge in [0.05, 0.1) is 17.1 Å². The van der Waals surface area contributed by atoms with Crippen LogP contribution in [0.15, 0.2) is 48.5 Å². The third-order valence-electron chi connectivity index (χ3n) is 5.00. The Morgan fingerprint density at radius 2 is 1.74 bits per heavy atom. The Morgan fingerprint density at radius 1 is 1.07 bits per heavy atom. The smallest absolute Gasteiger partial charge is 0.268 e. The fourth-order valence-corrected chi connectivity index (χ4v) is 3.67. The molecule has 1 atom stereocenters. The molecule has 140 valence electrons. The van der Waals surface area contributed by atoms with E-state index in [1.807, 2.05) is 42.5 Å². The van der Waals surface area contributed by atoms with E-state index in [1.54, 1.807) is 13.0 Å². The Balaban J connectivity index is 1.53. The minimum atomic E-state index is -0.607. The third-order valence-corrected chi connectivity index (χ3v) is 5.00. The molecule has 0 aromatic heterocycles. The van der Waals surface area contributed by atoms with Gasteiger partial charge in [-0.15, -0.1) is 0 Å². The van der Waals surface area contributed by atoms with Crippen molar-refractivity contribution in [2.45, 2.75) is 25.9 Å². The van der Waals surface area contributed by atoms with Gasteiger partial charge in [-0.3, -0.25) is 14.5 Å². The Bertz CT molecular complexity index is 861. The Hall–Kier alpha value is -3.02. The molecule has 2 aliphatic heterocycles. The maximum Gasteiger partial charge on any atom is 0.268 e. The Morgan fingerprint density at radius 3 is 2.52 bits per heavy atom. The van der Waals surface area contributed by atoms with Gasteiger partial charge in [0.2, 0.25) is 5.91 Å². The molecule has 6 heteroatoms. The number of rotatable bonds is 4. The highest BCUT2D eigenvalue weighted by Gasteiger charge is 2.32. The number of anilines is 3. The lowest BCUT2D eigenvalue weighted by atomic mass is 10.2. The van der Waals surface area contributed by atoms with Crippen molar-refractivity contribution >= 4 is 28.9 Å². The molecule has 2 amide bonds. The molecular formula is C21H23N3O3. The summed E-state index contributed by atoms with van der Waals surface area (Å²) < 4.78 is 5.63. The molecule has 2 aromatic carbocycles. The first-order valence-corrected chi connectivity index (χ1v) is 9.34. The van der Waals surface area contributed by atoms with Crippen LogP contribution in [0.3, 0.4) is 0 Å². The summed E-state index contributed by atoms with van der Waals surface area (Å²) in [4.78, 5) is 29.1. The molecule has 27 heavy (non-hydrogen) atoms. The number of carbonyl (C=O) groups excluding carboxylic acids is 2. The summed E-state index contributed by atoms with van der Waals surface area (Å²) in [6.07, 6.45) is 1.72. The number of amides is 2. The van der Waals surface area contributed by atoms with Gasteiger partial charge in [0.25, 0.3) is 5.91 Å². The minimum absolute atomic E-state index is 0.0438. The zero-order chi connectivity index (χ0) is 18.8. The van der Waals surface area contributed by atoms with Gasteiger partial charge >= 0.3 is 0 Å². The summed E-state index contributed by atoms with van der Waals surface area (Å²) in [5, 5.41) is 2.99. The minimum Gasteiger partial charge on any atom is -0.479 e. The lowest BCUT2D eigenvalue weighted by Crippen LogP contribution is -2.47. The lowest BCUT2D eigenvalue weighted by Gasteiger charge is -2.32. The summed E-state index contributed by atoms with van der Waals surface area (Å²) in [7, 11) is 0. The van der Waals surface area contributed by atoms with Crippen LogP contribution in [0.25, 0.3) is 0 Å². The quantitative estimate of drug-likeness (QED) is 0.905. The molecule has 6 nitrogen and oxygen atoms in total. The van der Waals surface area contributed by atoms with E-state index in [0.29, 0.717) is 11.4 Å². The van der Waals surface area contributed by atoms with E-state index in [9.17, 15) is 9.59 Å². The largest absolute Gasteiger partial charge is 0.479 e. The number of nitrogens with zero attached hydrogens (tertiary/aromatic N) is 2. The monoisotopic (exact) mass is 365 g/mol. The second-order valence-electron chi connectivity index (χ2n) is 6.91. The molecular weight excluding hydrogens is 342 g/mol. The highest BCUT2D eigenvalue weighted by atomic mass is 16.5. The van der Waals surface area contributed by atoms with Crippen molar-refractivity contribution in [3.05, 3.63) is 48.5 Å². The fraction of sp³-hybridized carbons (Fsp3) is 0.333. The number of nitrogens with one attached hydrogen (secondary N) is 1. The van der Waals surface area contributed by atoms with E-state index in [-0.39, 0.29) is 18.4 Å². The van der Waals surface area contributed by atoms with E-state index >= 15 is 0 Å². The van der Waals surface area contributed by atoms with Crippen LogP contribution in [-0.4, -0.2) is 37.6 Å². The molecule has 0 saturated carbocycles. The number of hydrogen-bond donors (Lipinski definition) is 1. The van der Waals surface area contributed by atoms with Gasteiger partial charge < -0.3 is 15.0 Å². The van der Waals surface area contributed by atoms with E-state index in [2.05, 4.69) is 10.2 Å². The predicted octanol–water partition coefficient (Wildman–Crippen LogP) is 3.04. The molecule has 0 unspecified atom stereocenters. The van der Waals surface area contributed by atoms with Crippen molar-refractivity contribution < 1.29 is 14.3 Å². The van der Waals surface area contributed by atoms with Gasteiger partial charge in [0.1, 0.15) is 12.3 Å². The molecule has 0 bridgehead atoms. The van der Waals surface area contributed by atoms with Gasteiger partial charge in [0.15, 0.2) is 6.10 Å². The van der Waals surface area contributed by atoms with Crippen LogP contribution in [0.1, 0.15) is 19.8 Å². The van der Waals surface area contributed by atoms with Crippen LogP contribution in [0.4, 0.5) is 17.1 Å². The standard InChI is InChI=1S/C21H23N3O3/c1-15-21(26)24(18-10-4-5-11-19(18)27-15)14-20(25)22-16-8-2-3-9-17(16)23-12-6-7-13-23/h2-5,8-11,15H,6-7,12-14H2,1H3,(H,22,25)/t15-/m0/s1. The van der Waals surface area contributed by atoms with Gasteiger partial charge in [-0.1, -0.05) is 24.3 Å². The summed E-state index contributed by atoms with van der Waals surface area (Å²) in [6.45, 7) is 3.66. The molecule has 1 fully saturated rings. The molecule has 4 rings (SSSR count). The van der Waals surface area contributed by atoms with E-state index in [1.165, 1.54) is 17.7 Å². The van der Waals surface area contributed by atoms with Crippen LogP contribution >= 0.6 is 0 Å². The topological polar surface area (TPSA) is 61.9 Å². The first-order chi connectivity index (χ1) is 13.1. The number of fused-ring (bicyclic) bond motifs is 1. The van der Waals surface area contributed by atoms with Crippen LogP contribution in [0, 0.1) is 0 Å². The average molecular weight is 365 g/mol. The number of hydrogen-bond acceptors (Lipinski definition) is 4. The maximum absolute atomic E-state index is 12.7. The SMILES string of the molecule is C[C@@H]1Oc2ccccc2N(CC(=O)Nc2ccccc2N2CCCC2)C1=O. The third kappa shape index (κ3) is 3.47. The molecule has 2 aromatic rings. The van der Waals surface area contributed by atoms with Crippen molar-refractivity contribution in [3.63, 3.8) is 0 Å². The van der Waals surface area contributed by atoms with E-state index in [4.69, 9.17) is 4.74 Å². The molecule has 1 N–H and O–H groups in total. The first kappa shape index (κ1) is 17.4. The summed E-state index contributed by atoms with van der Waals surface area (Å²) >= 11 is 0. The number of para-hydroxylation sites is 4. The maximum atomic E-state index is 12.7. The fourth-order valence-electron chi connectivity index (χ4n) is 3.67. The first-order valence-electron chi connectivity index (χ1n) is 9.34. The molecule has 1 saturated heterocycles. The molecule has 2 heterocycles. The van der Waals surface area contributed by atoms with Crippen LogP contribution < -0.4 is 19.9 Å². The van der Waals surface area contributed by atoms with Crippen LogP contribution in [0.2, 0.25) is 0 Å². The summed E-state index contributed by atoms with van der Waals surface area (Å²) in [5.41, 5.74) is 2.44. The number of ether oxygens (including phenoxy) is 1. The van der Waals surface area contributed by atoms with Crippen molar-refractivity contribution in [1.82, 2.24) is 0 Å². The zero-order valence-corrected chi connectivity index (χ0v) is 15.4. The molecule has 0 spiro atoms. The number of benzene rings is 2. The summed E-state index contributed by atoms with van der Waals surface area (Å²) in [6, 6.07) is 15.1. The second kappa shape index (κ2) is 7.31.